The minimum atomic E-state index is -0.478. The number of ketones is 1. The zero-order valence-electron chi connectivity index (χ0n) is 17.6. The van der Waals surface area contributed by atoms with Gasteiger partial charge in [-0.25, -0.2) is 0 Å². The fraction of sp³-hybridized carbons (Fsp3) is 0.435. The Morgan fingerprint density at radius 3 is 2.65 bits per heavy atom. The zero-order valence-corrected chi connectivity index (χ0v) is 17.6. The lowest BCUT2D eigenvalue weighted by Crippen LogP contribution is -2.44. The Labute approximate surface area is 180 Å². The van der Waals surface area contributed by atoms with Gasteiger partial charge in [0.1, 0.15) is 11.3 Å². The quantitative estimate of drug-likeness (QED) is 0.731. The Kier molecular flexibility index (Phi) is 6.48. The van der Waals surface area contributed by atoms with Crippen molar-refractivity contribution in [3.63, 3.8) is 0 Å². The molecule has 164 valence electrons. The highest BCUT2D eigenvalue weighted by Crippen LogP contribution is 2.24. The number of aryl methyl sites for hydroxylation is 1. The highest BCUT2D eigenvalue weighted by molar-refractivity contribution is 6.01. The summed E-state index contributed by atoms with van der Waals surface area (Å²) in [6.45, 7) is 3.09. The number of aromatic nitrogens is 1. The maximum absolute atomic E-state index is 12.9. The molecule has 4 rings (SSSR count). The van der Waals surface area contributed by atoms with Gasteiger partial charge in [0, 0.05) is 37.3 Å². The normalized spacial score (nSPS) is 17.6. The number of Topliss-reactive ketones (excluding diaryl/α,β-unsaturated/α-hetero) is 1. The Balaban J connectivity index is 1.53. The minimum Gasteiger partial charge on any atom is -0.497 e. The van der Waals surface area contributed by atoms with E-state index in [-0.39, 0.29) is 17.4 Å². The molecule has 1 aromatic carbocycles. The number of nitrogens with zero attached hydrogens (tertiary/aromatic N) is 1. The summed E-state index contributed by atoms with van der Waals surface area (Å²) in [5.41, 5.74) is 1.64. The smallest absolute Gasteiger partial charge is 0.261 e. The molecule has 0 radical (unpaired) electrons. The molecule has 1 atom stereocenters. The molecule has 1 saturated heterocycles. The average Bonchev–Trinajstić information content (AvgIpc) is 2.80. The van der Waals surface area contributed by atoms with Gasteiger partial charge >= 0.3 is 0 Å². The summed E-state index contributed by atoms with van der Waals surface area (Å²) < 4.78 is 10.7. The lowest BCUT2D eigenvalue weighted by molar-refractivity contribution is 0.0162. The number of carbonyl (C=O) groups excluding carboxylic acids is 2. The van der Waals surface area contributed by atoms with Crippen LogP contribution >= 0.6 is 0 Å². The second-order valence-corrected chi connectivity index (χ2v) is 7.83. The molecule has 1 fully saturated rings. The average molecular weight is 425 g/mol. The summed E-state index contributed by atoms with van der Waals surface area (Å²) in [6, 6.07) is 9.12. The van der Waals surface area contributed by atoms with Crippen molar-refractivity contribution in [1.82, 2.24) is 15.2 Å². The first-order valence-electron chi connectivity index (χ1n) is 10.6. The number of carbonyl (C=O) groups is 2. The third-order valence-electron chi connectivity index (χ3n) is 5.94. The summed E-state index contributed by atoms with van der Waals surface area (Å²) in [5, 5.41) is 2.90. The molecule has 31 heavy (non-hydrogen) atoms. The SMILES string of the molecule is COc1ccc(C(CNC(=O)c2cc3c([nH]c2=O)CCCC3=O)N2CCOCC2)cc1. The second-order valence-electron chi connectivity index (χ2n) is 7.83. The first kappa shape index (κ1) is 21.3. The topological polar surface area (TPSA) is 101 Å². The van der Waals surface area contributed by atoms with Crippen molar-refractivity contribution in [1.29, 1.82) is 0 Å². The molecule has 0 bridgehead atoms. The summed E-state index contributed by atoms with van der Waals surface area (Å²) in [4.78, 5) is 42.5. The van der Waals surface area contributed by atoms with Crippen LogP contribution in [0.2, 0.25) is 0 Å². The third-order valence-corrected chi connectivity index (χ3v) is 5.94. The summed E-state index contributed by atoms with van der Waals surface area (Å²) >= 11 is 0. The predicted molar refractivity (Wildman–Crippen MR) is 115 cm³/mol. The van der Waals surface area contributed by atoms with Crippen molar-refractivity contribution >= 4 is 11.7 Å². The summed E-state index contributed by atoms with van der Waals surface area (Å²) in [6.07, 6.45) is 1.81. The van der Waals surface area contributed by atoms with Crippen LogP contribution in [0.3, 0.4) is 0 Å². The summed E-state index contributed by atoms with van der Waals surface area (Å²) in [5.74, 6) is 0.254. The number of methoxy groups -OCH3 is 1. The molecule has 2 N–H and O–H groups in total. The van der Waals surface area contributed by atoms with Gasteiger partial charge in [0.2, 0.25) is 0 Å². The fourth-order valence-corrected chi connectivity index (χ4v) is 4.20. The number of ether oxygens (including phenoxy) is 2. The van der Waals surface area contributed by atoms with E-state index in [1.165, 1.54) is 6.07 Å². The number of rotatable bonds is 6. The van der Waals surface area contributed by atoms with Crippen molar-refractivity contribution in [2.45, 2.75) is 25.3 Å². The molecular formula is C23H27N3O5. The molecule has 2 heterocycles. The maximum atomic E-state index is 12.9. The van der Waals surface area contributed by atoms with Gasteiger partial charge in [-0.2, -0.15) is 0 Å². The van der Waals surface area contributed by atoms with E-state index in [2.05, 4.69) is 15.2 Å². The molecule has 1 unspecified atom stereocenters. The van der Waals surface area contributed by atoms with Crippen molar-refractivity contribution in [2.24, 2.45) is 0 Å². The van der Waals surface area contributed by atoms with Crippen molar-refractivity contribution in [3.05, 3.63) is 63.1 Å². The number of H-pyrrole nitrogens is 1. The lowest BCUT2D eigenvalue weighted by atomic mass is 9.93. The third kappa shape index (κ3) is 4.70. The van der Waals surface area contributed by atoms with Crippen molar-refractivity contribution in [3.8, 4) is 5.75 Å². The monoisotopic (exact) mass is 425 g/mol. The largest absolute Gasteiger partial charge is 0.497 e. The van der Waals surface area contributed by atoms with Gasteiger partial charge in [0.15, 0.2) is 5.78 Å². The first-order chi connectivity index (χ1) is 15.1. The van der Waals surface area contributed by atoms with Crippen molar-refractivity contribution < 1.29 is 19.1 Å². The van der Waals surface area contributed by atoms with Crippen LogP contribution in [0.1, 0.15) is 50.9 Å². The van der Waals surface area contributed by atoms with Crippen LogP contribution in [0.4, 0.5) is 0 Å². The number of fused-ring (bicyclic) bond motifs is 1. The molecule has 1 aliphatic carbocycles. The van der Waals surface area contributed by atoms with Gasteiger partial charge in [0.05, 0.1) is 26.4 Å². The number of hydrogen-bond acceptors (Lipinski definition) is 6. The molecule has 2 aliphatic rings. The van der Waals surface area contributed by atoms with Gasteiger partial charge in [-0.05, 0) is 36.6 Å². The van der Waals surface area contributed by atoms with E-state index < -0.39 is 11.5 Å². The molecule has 8 heteroatoms. The number of aromatic amines is 1. The van der Waals surface area contributed by atoms with Crippen LogP contribution in [0.25, 0.3) is 0 Å². The number of amides is 1. The molecule has 1 aromatic heterocycles. The zero-order chi connectivity index (χ0) is 21.8. The van der Waals surface area contributed by atoms with Gasteiger partial charge in [-0.3, -0.25) is 19.3 Å². The molecule has 0 spiro atoms. The van der Waals surface area contributed by atoms with E-state index in [4.69, 9.17) is 9.47 Å². The molecule has 0 saturated carbocycles. The highest BCUT2D eigenvalue weighted by Gasteiger charge is 2.25. The fourth-order valence-electron chi connectivity index (χ4n) is 4.20. The van der Waals surface area contributed by atoms with Crippen LogP contribution in [0.5, 0.6) is 5.75 Å². The van der Waals surface area contributed by atoms with Crippen LogP contribution in [-0.4, -0.2) is 61.5 Å². The first-order valence-corrected chi connectivity index (χ1v) is 10.6. The lowest BCUT2D eigenvalue weighted by Gasteiger charge is -2.35. The number of nitrogens with one attached hydrogen (secondary N) is 2. The summed E-state index contributed by atoms with van der Waals surface area (Å²) in [7, 11) is 1.62. The molecule has 8 nitrogen and oxygen atoms in total. The molecular weight excluding hydrogens is 398 g/mol. The predicted octanol–water partition coefficient (Wildman–Crippen LogP) is 1.71. The Morgan fingerprint density at radius 2 is 1.94 bits per heavy atom. The maximum Gasteiger partial charge on any atom is 0.261 e. The van der Waals surface area contributed by atoms with Gasteiger partial charge < -0.3 is 19.8 Å². The number of morpholine rings is 1. The van der Waals surface area contributed by atoms with Crippen LogP contribution in [0.15, 0.2) is 35.1 Å². The number of hydrogen-bond donors (Lipinski definition) is 2. The Morgan fingerprint density at radius 1 is 1.19 bits per heavy atom. The Bertz CT molecular complexity index is 1010. The molecule has 1 aliphatic heterocycles. The van der Waals surface area contributed by atoms with E-state index in [9.17, 15) is 14.4 Å². The molecule has 1 amide bonds. The number of pyridine rings is 1. The van der Waals surface area contributed by atoms with E-state index in [0.29, 0.717) is 43.9 Å². The van der Waals surface area contributed by atoms with Gasteiger partial charge in [-0.15, -0.1) is 0 Å². The van der Waals surface area contributed by atoms with Crippen LogP contribution in [-0.2, 0) is 11.2 Å². The molecule has 2 aromatic rings. The van der Waals surface area contributed by atoms with E-state index in [0.717, 1.165) is 30.8 Å². The van der Waals surface area contributed by atoms with Crippen LogP contribution < -0.4 is 15.6 Å². The van der Waals surface area contributed by atoms with E-state index in [1.807, 2.05) is 24.3 Å². The van der Waals surface area contributed by atoms with Crippen LogP contribution in [0, 0.1) is 0 Å². The minimum absolute atomic E-state index is 0.0236. The van der Waals surface area contributed by atoms with Gasteiger partial charge in [0.25, 0.3) is 11.5 Å². The van der Waals surface area contributed by atoms with E-state index >= 15 is 0 Å². The number of benzene rings is 1. The standard InChI is InChI=1S/C23H27N3O5/c1-30-16-7-5-15(6-8-16)20(26-9-11-31-12-10-26)14-24-22(28)18-13-17-19(25-23(18)29)3-2-4-21(17)27/h5-8,13,20H,2-4,9-12,14H2,1H3,(H,24,28)(H,25,29). The van der Waals surface area contributed by atoms with E-state index in [1.54, 1.807) is 7.11 Å². The van der Waals surface area contributed by atoms with Crippen molar-refractivity contribution in [2.75, 3.05) is 40.0 Å². The highest BCUT2D eigenvalue weighted by atomic mass is 16.5. The van der Waals surface area contributed by atoms with Gasteiger partial charge in [-0.1, -0.05) is 12.1 Å². The second kappa shape index (κ2) is 9.45. The Hall–Kier alpha value is -2.97.